The molecular formula is C18H30F2N2O8. The first kappa shape index (κ1) is 26.5. The highest BCUT2D eigenvalue weighted by Crippen LogP contribution is 2.35. The fraction of sp³-hybridized carbons (Fsp3) is 0.833. The topological polar surface area (TPSA) is 179 Å². The number of nitrogens with two attached hydrogens (primary N) is 1. The van der Waals surface area contributed by atoms with Crippen LogP contribution in [0.1, 0.15) is 33.6 Å². The third-order valence-electron chi connectivity index (χ3n) is 5.14. The summed E-state index contributed by atoms with van der Waals surface area (Å²) in [6.07, 6.45) is -11.5. The molecule has 1 rings (SSSR count). The molecule has 1 amide bonds. The van der Waals surface area contributed by atoms with Crippen LogP contribution in [0.15, 0.2) is 0 Å². The van der Waals surface area contributed by atoms with E-state index < -0.39 is 85.6 Å². The van der Waals surface area contributed by atoms with Crippen molar-refractivity contribution in [2.75, 3.05) is 6.61 Å². The minimum Gasteiger partial charge on any atom is -0.394 e. The molecule has 0 unspecified atom stereocenters. The standard InChI is InChI=1S/C18H30F2N2O8/c1-7(17(29)22-8(2)9(3)24)4-11(25)10(21)5-18(19,20)16-15(28)14(27)13(26)12(6-23)30-16/h7-8,10,12-16,23,26-28H,4-6,21H2,1-3H3,(H,22,29)/t7-,8+,10-,12-,13+,14+,15-,16-/m1/s1. The minimum atomic E-state index is -3.89. The Bertz CT molecular complexity index is 633. The molecular weight excluding hydrogens is 410 g/mol. The monoisotopic (exact) mass is 440 g/mol. The number of Topliss-reactive ketones (excluding diaryl/α,β-unsaturated/α-hetero) is 2. The smallest absolute Gasteiger partial charge is 0.278 e. The summed E-state index contributed by atoms with van der Waals surface area (Å²) in [4.78, 5) is 35.4. The van der Waals surface area contributed by atoms with Crippen molar-refractivity contribution >= 4 is 17.5 Å². The highest BCUT2D eigenvalue weighted by atomic mass is 19.3. The number of ketones is 2. The summed E-state index contributed by atoms with van der Waals surface area (Å²) in [5.74, 6) is -6.57. The fourth-order valence-electron chi connectivity index (χ4n) is 2.98. The Hall–Kier alpha value is -1.57. The Morgan fingerprint density at radius 1 is 1.13 bits per heavy atom. The summed E-state index contributed by atoms with van der Waals surface area (Å²) < 4.78 is 34.1. The van der Waals surface area contributed by atoms with Crippen LogP contribution in [-0.4, -0.2) is 93.0 Å². The van der Waals surface area contributed by atoms with Crippen LogP contribution in [0.4, 0.5) is 8.78 Å². The lowest BCUT2D eigenvalue weighted by atomic mass is 9.88. The van der Waals surface area contributed by atoms with Gasteiger partial charge in [0.05, 0.1) is 18.7 Å². The highest BCUT2D eigenvalue weighted by Gasteiger charge is 2.55. The molecule has 0 radical (unpaired) electrons. The summed E-state index contributed by atoms with van der Waals surface area (Å²) in [6.45, 7) is 3.23. The third-order valence-corrected chi connectivity index (χ3v) is 5.14. The molecule has 0 spiro atoms. The molecule has 0 aromatic heterocycles. The van der Waals surface area contributed by atoms with E-state index >= 15 is 0 Å². The van der Waals surface area contributed by atoms with Crippen LogP contribution < -0.4 is 11.1 Å². The molecule has 1 aliphatic heterocycles. The largest absolute Gasteiger partial charge is 0.394 e. The lowest BCUT2D eigenvalue weighted by Crippen LogP contribution is -2.63. The van der Waals surface area contributed by atoms with E-state index in [0.717, 1.165) is 0 Å². The number of aliphatic hydroxyl groups is 4. The molecule has 1 aliphatic rings. The molecule has 0 aromatic rings. The Labute approximate surface area is 172 Å². The summed E-state index contributed by atoms with van der Waals surface area (Å²) >= 11 is 0. The van der Waals surface area contributed by atoms with Gasteiger partial charge in [-0.25, -0.2) is 8.78 Å². The molecule has 10 nitrogen and oxygen atoms in total. The number of hydrogen-bond donors (Lipinski definition) is 6. The van der Waals surface area contributed by atoms with Crippen molar-refractivity contribution in [2.45, 2.75) is 82.1 Å². The van der Waals surface area contributed by atoms with Crippen molar-refractivity contribution < 1.29 is 48.3 Å². The number of aliphatic hydroxyl groups excluding tert-OH is 4. The average Bonchev–Trinajstić information content (AvgIpc) is 2.65. The van der Waals surface area contributed by atoms with Crippen molar-refractivity contribution in [3.63, 3.8) is 0 Å². The van der Waals surface area contributed by atoms with Gasteiger partial charge in [0, 0.05) is 18.8 Å². The van der Waals surface area contributed by atoms with Crippen molar-refractivity contribution in [1.29, 1.82) is 0 Å². The average molecular weight is 440 g/mol. The summed E-state index contributed by atoms with van der Waals surface area (Å²) in [7, 11) is 0. The number of amides is 1. The molecule has 174 valence electrons. The number of carbonyl (C=O) groups is 3. The number of rotatable bonds is 10. The molecule has 7 N–H and O–H groups in total. The van der Waals surface area contributed by atoms with E-state index in [1.807, 2.05) is 0 Å². The summed E-state index contributed by atoms with van der Waals surface area (Å²) in [6, 6.07) is -2.48. The van der Waals surface area contributed by atoms with Gasteiger partial charge in [-0.2, -0.15) is 0 Å². The number of nitrogens with one attached hydrogen (secondary N) is 1. The van der Waals surface area contributed by atoms with Crippen molar-refractivity contribution in [3.05, 3.63) is 0 Å². The Kier molecular flexibility index (Phi) is 9.39. The second-order valence-corrected chi connectivity index (χ2v) is 7.73. The second-order valence-electron chi connectivity index (χ2n) is 7.73. The van der Waals surface area contributed by atoms with Crippen LogP contribution >= 0.6 is 0 Å². The zero-order chi connectivity index (χ0) is 23.4. The predicted octanol–water partition coefficient (Wildman–Crippen LogP) is -2.13. The number of hydrogen-bond acceptors (Lipinski definition) is 9. The first-order valence-corrected chi connectivity index (χ1v) is 9.50. The fourth-order valence-corrected chi connectivity index (χ4v) is 2.98. The van der Waals surface area contributed by atoms with Gasteiger partial charge in [0.2, 0.25) is 5.91 Å². The molecule has 1 fully saturated rings. The van der Waals surface area contributed by atoms with E-state index in [1.54, 1.807) is 0 Å². The summed E-state index contributed by atoms with van der Waals surface area (Å²) in [5, 5.41) is 40.7. The van der Waals surface area contributed by atoms with Crippen molar-refractivity contribution in [1.82, 2.24) is 5.32 Å². The quantitative estimate of drug-likeness (QED) is 0.221. The zero-order valence-electron chi connectivity index (χ0n) is 17.0. The zero-order valence-corrected chi connectivity index (χ0v) is 17.0. The molecule has 0 saturated carbocycles. The first-order valence-electron chi connectivity index (χ1n) is 9.50. The van der Waals surface area contributed by atoms with Gasteiger partial charge in [0.15, 0.2) is 11.6 Å². The van der Waals surface area contributed by atoms with Gasteiger partial charge in [0.25, 0.3) is 5.92 Å². The summed E-state index contributed by atoms with van der Waals surface area (Å²) in [5.41, 5.74) is 5.57. The van der Waals surface area contributed by atoms with Gasteiger partial charge in [0.1, 0.15) is 30.5 Å². The van der Waals surface area contributed by atoms with Crippen LogP contribution in [-0.2, 0) is 19.1 Å². The van der Waals surface area contributed by atoms with Gasteiger partial charge < -0.3 is 36.2 Å². The lowest BCUT2D eigenvalue weighted by molar-refractivity contribution is -0.281. The van der Waals surface area contributed by atoms with Gasteiger partial charge in [-0.15, -0.1) is 0 Å². The Morgan fingerprint density at radius 2 is 1.70 bits per heavy atom. The molecule has 8 atom stereocenters. The number of alkyl halides is 2. The van der Waals surface area contributed by atoms with E-state index in [4.69, 9.17) is 15.6 Å². The molecule has 1 saturated heterocycles. The lowest BCUT2D eigenvalue weighted by Gasteiger charge is -2.43. The molecule has 0 aliphatic carbocycles. The van der Waals surface area contributed by atoms with Gasteiger partial charge in [-0.3, -0.25) is 14.4 Å². The van der Waals surface area contributed by atoms with Gasteiger partial charge in [-0.05, 0) is 13.8 Å². The van der Waals surface area contributed by atoms with E-state index in [2.05, 4.69) is 5.32 Å². The van der Waals surface area contributed by atoms with E-state index in [9.17, 15) is 38.5 Å². The molecule has 0 aromatic carbocycles. The van der Waals surface area contributed by atoms with E-state index in [-0.39, 0.29) is 5.78 Å². The van der Waals surface area contributed by atoms with Crippen LogP contribution in [0, 0.1) is 5.92 Å². The normalized spacial score (nSPS) is 30.3. The van der Waals surface area contributed by atoms with Crippen LogP contribution in [0.3, 0.4) is 0 Å². The van der Waals surface area contributed by atoms with Gasteiger partial charge >= 0.3 is 0 Å². The molecule has 30 heavy (non-hydrogen) atoms. The highest BCUT2D eigenvalue weighted by molar-refractivity contribution is 5.92. The van der Waals surface area contributed by atoms with Crippen LogP contribution in [0.5, 0.6) is 0 Å². The molecule has 1 heterocycles. The maximum atomic E-state index is 14.6. The van der Waals surface area contributed by atoms with Crippen molar-refractivity contribution in [3.8, 4) is 0 Å². The van der Waals surface area contributed by atoms with Gasteiger partial charge in [-0.1, -0.05) is 6.92 Å². The second kappa shape index (κ2) is 10.6. The van der Waals surface area contributed by atoms with E-state index in [1.165, 1.54) is 20.8 Å². The Balaban J connectivity index is 2.75. The SMILES string of the molecule is CC(=O)[C@H](C)NC(=O)[C@H](C)CC(=O)[C@H](N)CC(F)(F)[C@@H]1O[C@H](CO)[C@H](O)[C@H](O)[C@H]1O. The Morgan fingerprint density at radius 3 is 2.20 bits per heavy atom. The number of ether oxygens (including phenoxy) is 1. The minimum absolute atomic E-state index is 0.294. The maximum absolute atomic E-state index is 14.6. The van der Waals surface area contributed by atoms with Crippen molar-refractivity contribution in [2.24, 2.45) is 11.7 Å². The predicted molar refractivity (Wildman–Crippen MR) is 98.4 cm³/mol. The van der Waals surface area contributed by atoms with Crippen LogP contribution in [0.25, 0.3) is 0 Å². The molecule has 0 bridgehead atoms. The maximum Gasteiger partial charge on any atom is 0.278 e. The number of halogens is 2. The van der Waals surface area contributed by atoms with Crippen LogP contribution in [0.2, 0.25) is 0 Å². The molecule has 12 heteroatoms. The third kappa shape index (κ3) is 6.46. The number of carbonyl (C=O) groups excluding carboxylic acids is 3. The van der Waals surface area contributed by atoms with E-state index in [0.29, 0.717) is 0 Å². The first-order chi connectivity index (χ1) is 13.7.